The molecule has 1 aliphatic carbocycles. The van der Waals surface area contributed by atoms with Crippen molar-refractivity contribution in [1.82, 2.24) is 4.98 Å². The third kappa shape index (κ3) is 3.09. The number of hydrogen-bond donors (Lipinski definition) is 3. The number of aryl methyl sites for hydroxylation is 1. The topological polar surface area (TPSA) is 71.2 Å². The van der Waals surface area contributed by atoms with Crippen LogP contribution >= 0.6 is 0 Å². The number of hydrogen-bond acceptors (Lipinski definition) is 4. The third-order valence-corrected chi connectivity index (χ3v) is 3.42. The number of nitrogens with one attached hydrogen (secondary N) is 1. The van der Waals surface area contributed by atoms with Crippen LogP contribution in [-0.4, -0.2) is 22.2 Å². The van der Waals surface area contributed by atoms with Crippen molar-refractivity contribution in [2.24, 2.45) is 0 Å². The van der Waals surface area contributed by atoms with Crippen molar-refractivity contribution >= 4 is 11.5 Å². The average molecular weight is 235 g/mol. The zero-order valence-electron chi connectivity index (χ0n) is 10.4. The van der Waals surface area contributed by atoms with Crippen molar-refractivity contribution in [1.29, 1.82) is 0 Å². The lowest BCUT2D eigenvalue weighted by atomic mass is 9.85. The number of nitrogens with zero attached hydrogens (tertiary/aromatic N) is 1. The summed E-state index contributed by atoms with van der Waals surface area (Å²) >= 11 is 0. The van der Waals surface area contributed by atoms with E-state index in [1.165, 1.54) is 6.42 Å². The molecular weight excluding hydrogens is 214 g/mol. The smallest absolute Gasteiger partial charge is 0.149 e. The van der Waals surface area contributed by atoms with Gasteiger partial charge in [-0.15, -0.1) is 0 Å². The second kappa shape index (κ2) is 4.92. The Morgan fingerprint density at radius 3 is 2.76 bits per heavy atom. The minimum absolute atomic E-state index is 0.535. The van der Waals surface area contributed by atoms with Crippen LogP contribution in [0, 0.1) is 6.92 Å². The van der Waals surface area contributed by atoms with Gasteiger partial charge in [0.25, 0.3) is 0 Å². The minimum atomic E-state index is -0.586. The first-order valence-corrected chi connectivity index (χ1v) is 6.27. The number of nitrogen functional groups attached to an aromatic ring is 1. The monoisotopic (exact) mass is 235 g/mol. The van der Waals surface area contributed by atoms with Gasteiger partial charge in [0.15, 0.2) is 0 Å². The van der Waals surface area contributed by atoms with Crippen LogP contribution in [-0.2, 0) is 0 Å². The van der Waals surface area contributed by atoms with Gasteiger partial charge in [-0.1, -0.05) is 19.3 Å². The van der Waals surface area contributed by atoms with Crippen LogP contribution in [0.4, 0.5) is 11.5 Å². The third-order valence-electron chi connectivity index (χ3n) is 3.42. The molecule has 1 saturated carbocycles. The maximum Gasteiger partial charge on any atom is 0.149 e. The van der Waals surface area contributed by atoms with Crippen molar-refractivity contribution in [3.8, 4) is 0 Å². The standard InChI is InChI=1S/C13H21N3O/c1-10-7-11(14)12(15-8-10)16-9-13(17)5-3-2-4-6-13/h7-8,17H,2-6,9,14H2,1H3,(H,15,16). The normalized spacial score (nSPS) is 18.9. The summed E-state index contributed by atoms with van der Waals surface area (Å²) in [5.74, 6) is 0.676. The number of aliphatic hydroxyl groups is 1. The van der Waals surface area contributed by atoms with Crippen molar-refractivity contribution in [3.63, 3.8) is 0 Å². The first-order valence-electron chi connectivity index (χ1n) is 6.27. The van der Waals surface area contributed by atoms with Crippen molar-refractivity contribution in [2.75, 3.05) is 17.6 Å². The summed E-state index contributed by atoms with van der Waals surface area (Å²) in [7, 11) is 0. The Kier molecular flexibility index (Phi) is 3.52. The van der Waals surface area contributed by atoms with Gasteiger partial charge < -0.3 is 16.2 Å². The quantitative estimate of drug-likeness (QED) is 0.750. The zero-order chi connectivity index (χ0) is 12.3. The van der Waals surface area contributed by atoms with Crippen LogP contribution < -0.4 is 11.1 Å². The summed E-state index contributed by atoms with van der Waals surface area (Å²) in [5, 5.41) is 13.5. The molecule has 0 unspecified atom stereocenters. The summed E-state index contributed by atoms with van der Waals surface area (Å²) in [6.07, 6.45) is 6.96. The molecule has 94 valence electrons. The van der Waals surface area contributed by atoms with E-state index in [2.05, 4.69) is 10.3 Å². The highest BCUT2D eigenvalue weighted by Crippen LogP contribution is 2.28. The van der Waals surface area contributed by atoms with Gasteiger partial charge >= 0.3 is 0 Å². The molecule has 0 saturated heterocycles. The van der Waals surface area contributed by atoms with Gasteiger partial charge in [-0.25, -0.2) is 4.98 Å². The van der Waals surface area contributed by atoms with Gasteiger partial charge in [0, 0.05) is 12.7 Å². The summed E-state index contributed by atoms with van der Waals surface area (Å²) in [5.41, 5.74) is 6.98. The Labute approximate surface area is 102 Å². The molecular formula is C13H21N3O. The molecule has 4 nitrogen and oxygen atoms in total. The zero-order valence-corrected chi connectivity index (χ0v) is 10.4. The molecule has 17 heavy (non-hydrogen) atoms. The van der Waals surface area contributed by atoms with Crippen LogP contribution in [0.2, 0.25) is 0 Å². The lowest BCUT2D eigenvalue weighted by molar-refractivity contribution is 0.0167. The molecule has 1 fully saturated rings. The predicted octanol–water partition coefficient (Wildman–Crippen LogP) is 2.08. The van der Waals surface area contributed by atoms with Crippen molar-refractivity contribution in [3.05, 3.63) is 17.8 Å². The van der Waals surface area contributed by atoms with E-state index in [9.17, 15) is 5.11 Å². The molecule has 1 heterocycles. The number of anilines is 2. The molecule has 1 aromatic rings. The number of aromatic nitrogens is 1. The van der Waals surface area contributed by atoms with E-state index >= 15 is 0 Å². The van der Waals surface area contributed by atoms with E-state index in [1.54, 1.807) is 6.20 Å². The van der Waals surface area contributed by atoms with Gasteiger partial charge in [-0.3, -0.25) is 0 Å². The van der Waals surface area contributed by atoms with E-state index in [-0.39, 0.29) is 0 Å². The molecule has 0 atom stereocenters. The van der Waals surface area contributed by atoms with E-state index in [4.69, 9.17) is 5.73 Å². The molecule has 0 aliphatic heterocycles. The number of nitrogens with two attached hydrogens (primary N) is 1. The highest BCUT2D eigenvalue weighted by molar-refractivity contribution is 5.61. The Morgan fingerprint density at radius 2 is 2.12 bits per heavy atom. The first kappa shape index (κ1) is 12.2. The molecule has 4 heteroatoms. The number of pyridine rings is 1. The fourth-order valence-electron chi connectivity index (χ4n) is 2.37. The van der Waals surface area contributed by atoms with E-state index < -0.39 is 5.60 Å². The van der Waals surface area contributed by atoms with Gasteiger partial charge in [0.05, 0.1) is 11.3 Å². The lowest BCUT2D eigenvalue weighted by Crippen LogP contribution is -2.39. The van der Waals surface area contributed by atoms with E-state index in [0.29, 0.717) is 18.1 Å². The predicted molar refractivity (Wildman–Crippen MR) is 69.9 cm³/mol. The molecule has 1 aromatic heterocycles. The highest BCUT2D eigenvalue weighted by Gasteiger charge is 2.28. The van der Waals surface area contributed by atoms with E-state index in [1.807, 2.05) is 13.0 Å². The van der Waals surface area contributed by atoms with Crippen LogP contribution in [0.1, 0.15) is 37.7 Å². The number of rotatable bonds is 3. The van der Waals surface area contributed by atoms with Gasteiger partial charge in [0.1, 0.15) is 5.82 Å². The Morgan fingerprint density at radius 1 is 1.41 bits per heavy atom. The van der Waals surface area contributed by atoms with Gasteiger partial charge in [0.2, 0.25) is 0 Å². The Hall–Kier alpha value is -1.29. The molecule has 0 aromatic carbocycles. The second-order valence-corrected chi connectivity index (χ2v) is 5.09. The van der Waals surface area contributed by atoms with Crippen LogP contribution in [0.3, 0.4) is 0 Å². The minimum Gasteiger partial charge on any atom is -0.396 e. The molecule has 0 amide bonds. The summed E-state index contributed by atoms with van der Waals surface area (Å²) in [6.45, 7) is 2.50. The van der Waals surface area contributed by atoms with Gasteiger partial charge in [-0.05, 0) is 31.4 Å². The molecule has 1 aliphatic rings. The van der Waals surface area contributed by atoms with Crippen LogP contribution in [0.5, 0.6) is 0 Å². The summed E-state index contributed by atoms with van der Waals surface area (Å²) in [4.78, 5) is 4.25. The van der Waals surface area contributed by atoms with Crippen molar-refractivity contribution < 1.29 is 5.11 Å². The van der Waals surface area contributed by atoms with Crippen LogP contribution in [0.25, 0.3) is 0 Å². The van der Waals surface area contributed by atoms with Gasteiger partial charge in [-0.2, -0.15) is 0 Å². The molecule has 4 N–H and O–H groups in total. The fourth-order valence-corrected chi connectivity index (χ4v) is 2.37. The molecule has 2 rings (SSSR count). The SMILES string of the molecule is Cc1cnc(NCC2(O)CCCCC2)c(N)c1. The summed E-state index contributed by atoms with van der Waals surface area (Å²) < 4.78 is 0. The first-order chi connectivity index (χ1) is 8.09. The maximum absolute atomic E-state index is 10.3. The largest absolute Gasteiger partial charge is 0.396 e. The maximum atomic E-state index is 10.3. The fraction of sp³-hybridized carbons (Fsp3) is 0.615. The Bertz CT molecular complexity index is 386. The van der Waals surface area contributed by atoms with Crippen LogP contribution in [0.15, 0.2) is 12.3 Å². The van der Waals surface area contributed by atoms with E-state index in [0.717, 1.165) is 31.2 Å². The molecule has 0 radical (unpaired) electrons. The van der Waals surface area contributed by atoms with Crippen molar-refractivity contribution in [2.45, 2.75) is 44.6 Å². The second-order valence-electron chi connectivity index (χ2n) is 5.09. The summed E-state index contributed by atoms with van der Waals surface area (Å²) in [6, 6.07) is 1.89. The highest BCUT2D eigenvalue weighted by atomic mass is 16.3. The average Bonchev–Trinajstić information content (AvgIpc) is 2.29. The Balaban J connectivity index is 1.97. The molecule has 0 bridgehead atoms. The lowest BCUT2D eigenvalue weighted by Gasteiger charge is -2.32. The molecule has 0 spiro atoms.